The first-order valence-corrected chi connectivity index (χ1v) is 13.2. The zero-order chi connectivity index (χ0) is 27.8. The Labute approximate surface area is 218 Å². The molecule has 0 saturated carbocycles. The highest BCUT2D eigenvalue weighted by Crippen LogP contribution is 2.45. The van der Waals surface area contributed by atoms with Crippen LogP contribution in [-0.2, 0) is 25.1 Å². The van der Waals surface area contributed by atoms with Gasteiger partial charge in [0.15, 0.2) is 0 Å². The summed E-state index contributed by atoms with van der Waals surface area (Å²) in [6, 6.07) is 8.27. The van der Waals surface area contributed by atoms with E-state index in [0.717, 1.165) is 0 Å². The van der Waals surface area contributed by atoms with E-state index in [0.29, 0.717) is 10.9 Å². The second kappa shape index (κ2) is 13.6. The number of amides is 1. The summed E-state index contributed by atoms with van der Waals surface area (Å²) in [7, 11) is -1.50. The average molecular weight is 534 g/mol. The lowest BCUT2D eigenvalue weighted by molar-refractivity contribution is -0.143. The number of nitrogens with one attached hydrogen (secondary N) is 1. The van der Waals surface area contributed by atoms with E-state index in [9.17, 15) is 14.4 Å². The molecular formula is C26H36N3O7P. The highest BCUT2D eigenvalue weighted by Gasteiger charge is 2.27. The van der Waals surface area contributed by atoms with Crippen molar-refractivity contribution in [3.8, 4) is 11.8 Å². The standard InChI is InChI=1S/C26H36N3O7P/c1-17(2)29(18(3)4)37(33-12-8-11-27)34-16-28-23(30)13-19-14-24(31)36-22-15-20(9-10-21(19)22)35-25(32)26(5,6)7/h9-10,14-15,17-18H,8,12-13,16H2,1-7H3,(H,28,30). The fourth-order valence-corrected chi connectivity index (χ4v) is 4.91. The second-order valence-electron chi connectivity index (χ2n) is 9.99. The normalized spacial score (nSPS) is 12.7. The lowest BCUT2D eigenvalue weighted by Crippen LogP contribution is -2.35. The molecule has 2 rings (SSSR count). The summed E-state index contributed by atoms with van der Waals surface area (Å²) in [5.41, 5.74) is -0.634. The van der Waals surface area contributed by atoms with Crippen molar-refractivity contribution in [3.05, 3.63) is 40.2 Å². The van der Waals surface area contributed by atoms with Crippen molar-refractivity contribution in [1.29, 1.82) is 5.26 Å². The Kier molecular flexibility index (Phi) is 11.2. The predicted molar refractivity (Wildman–Crippen MR) is 141 cm³/mol. The fourth-order valence-electron chi connectivity index (χ4n) is 3.40. The van der Waals surface area contributed by atoms with Crippen molar-refractivity contribution in [3.63, 3.8) is 0 Å². The van der Waals surface area contributed by atoms with Gasteiger partial charge in [0.2, 0.25) is 5.91 Å². The van der Waals surface area contributed by atoms with Gasteiger partial charge in [0.1, 0.15) is 18.1 Å². The summed E-state index contributed by atoms with van der Waals surface area (Å²) in [6.07, 6.45) is 0.150. The molecule has 0 radical (unpaired) electrons. The maximum atomic E-state index is 12.7. The molecule has 1 heterocycles. The molecule has 1 aromatic carbocycles. The van der Waals surface area contributed by atoms with Crippen LogP contribution in [0.2, 0.25) is 0 Å². The number of esters is 1. The van der Waals surface area contributed by atoms with Crippen LogP contribution in [0.25, 0.3) is 11.0 Å². The van der Waals surface area contributed by atoms with E-state index in [-0.39, 0.29) is 55.5 Å². The number of hydrogen-bond acceptors (Lipinski definition) is 9. The molecule has 2 aromatic rings. The smallest absolute Gasteiger partial charge is 0.336 e. The number of fused-ring (bicyclic) bond motifs is 1. The van der Waals surface area contributed by atoms with Crippen molar-refractivity contribution >= 4 is 31.4 Å². The predicted octanol–water partition coefficient (Wildman–Crippen LogP) is 4.65. The van der Waals surface area contributed by atoms with Gasteiger partial charge in [0, 0.05) is 29.6 Å². The SMILES string of the molecule is CC(C)N(C(C)C)P(OCCC#N)OCNC(=O)Cc1cc(=O)oc2cc(OC(=O)C(C)(C)C)ccc12. The third-order valence-electron chi connectivity index (χ3n) is 5.08. The van der Waals surface area contributed by atoms with Gasteiger partial charge in [0.05, 0.1) is 30.9 Å². The maximum Gasteiger partial charge on any atom is 0.336 e. The lowest BCUT2D eigenvalue weighted by atomic mass is 9.97. The van der Waals surface area contributed by atoms with Gasteiger partial charge in [-0.25, -0.2) is 9.46 Å². The molecule has 202 valence electrons. The molecule has 1 aromatic heterocycles. The monoisotopic (exact) mass is 533 g/mol. The Bertz CT molecular complexity index is 1170. The number of nitriles is 1. The van der Waals surface area contributed by atoms with Gasteiger partial charge in [-0.1, -0.05) is 0 Å². The van der Waals surface area contributed by atoms with Crippen molar-refractivity contribution in [1.82, 2.24) is 9.99 Å². The third-order valence-corrected chi connectivity index (χ3v) is 7.14. The van der Waals surface area contributed by atoms with Gasteiger partial charge < -0.3 is 23.5 Å². The Hall–Kier alpha value is -2.83. The summed E-state index contributed by atoms with van der Waals surface area (Å²) in [4.78, 5) is 37.0. The fraction of sp³-hybridized carbons (Fsp3) is 0.538. The summed E-state index contributed by atoms with van der Waals surface area (Å²) in [5, 5.41) is 12.1. The molecular weight excluding hydrogens is 497 g/mol. The van der Waals surface area contributed by atoms with E-state index in [4.69, 9.17) is 23.5 Å². The summed E-state index contributed by atoms with van der Waals surface area (Å²) in [6.45, 7) is 13.4. The largest absolute Gasteiger partial charge is 0.426 e. The summed E-state index contributed by atoms with van der Waals surface area (Å²) >= 11 is 0. The number of carbonyl (C=O) groups is 2. The van der Waals surface area contributed by atoms with Gasteiger partial charge >= 0.3 is 11.6 Å². The van der Waals surface area contributed by atoms with E-state index in [1.54, 1.807) is 32.9 Å². The van der Waals surface area contributed by atoms with Crippen LogP contribution in [0.4, 0.5) is 0 Å². The van der Waals surface area contributed by atoms with Crippen molar-refractivity contribution in [2.45, 2.75) is 73.4 Å². The topological polar surface area (TPSA) is 131 Å². The quantitative estimate of drug-likeness (QED) is 0.103. The minimum Gasteiger partial charge on any atom is -0.426 e. The molecule has 0 aliphatic heterocycles. The first-order valence-electron chi connectivity index (χ1n) is 12.1. The van der Waals surface area contributed by atoms with Crippen LogP contribution in [0.5, 0.6) is 5.75 Å². The Morgan fingerprint density at radius 2 is 1.81 bits per heavy atom. The van der Waals surface area contributed by atoms with Crippen LogP contribution in [-0.4, -0.2) is 42.0 Å². The maximum absolute atomic E-state index is 12.7. The van der Waals surface area contributed by atoms with E-state index in [2.05, 4.69) is 9.99 Å². The van der Waals surface area contributed by atoms with Gasteiger partial charge in [0.25, 0.3) is 8.53 Å². The number of nitrogens with zero attached hydrogens (tertiary/aromatic N) is 2. The third kappa shape index (κ3) is 9.20. The first kappa shape index (κ1) is 30.4. The number of ether oxygens (including phenoxy) is 1. The highest BCUT2D eigenvalue weighted by atomic mass is 31.2. The minimum absolute atomic E-state index is 0.0854. The van der Waals surface area contributed by atoms with E-state index < -0.39 is 25.5 Å². The molecule has 1 amide bonds. The van der Waals surface area contributed by atoms with Crippen LogP contribution in [0.1, 0.15) is 60.5 Å². The van der Waals surface area contributed by atoms with Crippen molar-refractivity contribution < 1.29 is 27.8 Å². The molecule has 0 saturated heterocycles. The molecule has 0 fully saturated rings. The number of carbonyl (C=O) groups excluding carboxylic acids is 2. The molecule has 11 heteroatoms. The molecule has 10 nitrogen and oxygen atoms in total. The molecule has 0 aliphatic rings. The van der Waals surface area contributed by atoms with E-state index in [1.165, 1.54) is 12.1 Å². The first-order chi connectivity index (χ1) is 17.3. The highest BCUT2D eigenvalue weighted by molar-refractivity contribution is 7.44. The molecule has 0 aliphatic carbocycles. The minimum atomic E-state index is -1.50. The van der Waals surface area contributed by atoms with E-state index in [1.807, 2.05) is 33.8 Å². The molecule has 1 atom stereocenters. The second-order valence-corrected chi connectivity index (χ2v) is 11.4. The van der Waals surface area contributed by atoms with Gasteiger partial charge in [-0.15, -0.1) is 0 Å². The number of benzene rings is 1. The zero-order valence-corrected chi connectivity index (χ0v) is 23.4. The molecule has 1 N–H and O–H groups in total. The van der Waals surface area contributed by atoms with Crippen molar-refractivity contribution in [2.24, 2.45) is 5.41 Å². The summed E-state index contributed by atoms with van der Waals surface area (Å²) in [5.74, 6) is -0.535. The lowest BCUT2D eigenvalue weighted by Gasteiger charge is -2.35. The van der Waals surface area contributed by atoms with Crippen LogP contribution >= 0.6 is 8.53 Å². The van der Waals surface area contributed by atoms with E-state index >= 15 is 0 Å². The number of hydrogen-bond donors (Lipinski definition) is 1. The molecule has 37 heavy (non-hydrogen) atoms. The van der Waals surface area contributed by atoms with Crippen LogP contribution < -0.4 is 15.7 Å². The molecule has 0 bridgehead atoms. The van der Waals surface area contributed by atoms with Crippen LogP contribution in [0, 0.1) is 16.7 Å². The Balaban J connectivity index is 2.10. The van der Waals surface area contributed by atoms with Crippen LogP contribution in [0.15, 0.2) is 33.5 Å². The zero-order valence-electron chi connectivity index (χ0n) is 22.5. The number of rotatable bonds is 12. The molecule has 1 unspecified atom stereocenters. The summed E-state index contributed by atoms with van der Waals surface area (Å²) < 4.78 is 24.4. The van der Waals surface area contributed by atoms with Crippen molar-refractivity contribution in [2.75, 3.05) is 13.3 Å². The molecule has 0 spiro atoms. The van der Waals surface area contributed by atoms with Gasteiger partial charge in [-0.05, 0) is 66.2 Å². The Morgan fingerprint density at radius 3 is 2.41 bits per heavy atom. The Morgan fingerprint density at radius 1 is 1.14 bits per heavy atom. The van der Waals surface area contributed by atoms with Crippen LogP contribution in [0.3, 0.4) is 0 Å². The van der Waals surface area contributed by atoms with Gasteiger partial charge in [-0.2, -0.15) is 5.26 Å². The average Bonchev–Trinajstić information content (AvgIpc) is 2.77. The van der Waals surface area contributed by atoms with Gasteiger partial charge in [-0.3, -0.25) is 9.59 Å².